The zero-order valence-electron chi connectivity index (χ0n) is 14.9. The molecule has 0 atom stereocenters. The zero-order valence-corrected chi connectivity index (χ0v) is 17.3. The molecule has 0 spiro atoms. The normalized spacial score (nSPS) is 12.3. The van der Waals surface area contributed by atoms with E-state index in [2.05, 4.69) is 46.6 Å². The van der Waals surface area contributed by atoms with Crippen molar-refractivity contribution in [1.29, 1.82) is 0 Å². The largest absolute Gasteiger partial charge is 0.503 e. The first-order valence-corrected chi connectivity index (χ1v) is 10.0. The van der Waals surface area contributed by atoms with Crippen LogP contribution in [0.3, 0.4) is 0 Å². The van der Waals surface area contributed by atoms with E-state index in [1.807, 2.05) is 0 Å². The molecular formula is C18H21BrN2O4S. The lowest BCUT2D eigenvalue weighted by atomic mass is 9.87. The monoisotopic (exact) mass is 440 g/mol. The smallest absolute Gasteiger partial charge is 0.276 e. The van der Waals surface area contributed by atoms with Crippen LogP contribution in [0.1, 0.15) is 31.9 Å². The van der Waals surface area contributed by atoms with Gasteiger partial charge < -0.3 is 9.84 Å². The molecule has 6 nitrogen and oxygen atoms in total. The van der Waals surface area contributed by atoms with E-state index in [0.29, 0.717) is 10.0 Å². The Hall–Kier alpha value is -2.06. The average molecular weight is 441 g/mol. The van der Waals surface area contributed by atoms with Crippen LogP contribution in [0.25, 0.3) is 0 Å². The second-order valence-electron chi connectivity index (χ2n) is 6.68. The molecule has 0 radical (unpaired) electrons. The Morgan fingerprint density at radius 1 is 1.19 bits per heavy atom. The van der Waals surface area contributed by atoms with Crippen LogP contribution in [0.5, 0.6) is 11.5 Å². The van der Waals surface area contributed by atoms with E-state index in [9.17, 15) is 13.5 Å². The van der Waals surface area contributed by atoms with Gasteiger partial charge in [-0.05, 0) is 56.7 Å². The highest BCUT2D eigenvalue weighted by Crippen LogP contribution is 2.34. The van der Waals surface area contributed by atoms with Crippen LogP contribution in [0, 0.1) is 0 Å². The molecule has 8 heteroatoms. The predicted octanol–water partition coefficient (Wildman–Crippen LogP) is 3.77. The maximum atomic E-state index is 12.3. The maximum absolute atomic E-state index is 12.3. The summed E-state index contributed by atoms with van der Waals surface area (Å²) in [7, 11) is -2.34. The van der Waals surface area contributed by atoms with Crippen LogP contribution >= 0.6 is 15.9 Å². The number of nitrogens with zero attached hydrogens (tertiary/aromatic N) is 1. The summed E-state index contributed by atoms with van der Waals surface area (Å²) >= 11 is 3.20. The molecule has 0 fully saturated rings. The summed E-state index contributed by atoms with van der Waals surface area (Å²) in [5.74, 6) is 0.214. The molecule has 26 heavy (non-hydrogen) atoms. The quantitative estimate of drug-likeness (QED) is 0.546. The molecule has 0 aliphatic rings. The molecule has 140 valence electrons. The molecule has 2 aromatic rings. The number of hydrazone groups is 1. The number of aromatic hydroxyl groups is 1. The van der Waals surface area contributed by atoms with Crippen molar-refractivity contribution in [2.75, 3.05) is 7.11 Å². The fraction of sp³-hybridized carbons (Fsp3) is 0.278. The number of benzene rings is 2. The van der Waals surface area contributed by atoms with Gasteiger partial charge in [0.25, 0.3) is 10.0 Å². The minimum atomic E-state index is -3.77. The van der Waals surface area contributed by atoms with Crippen molar-refractivity contribution in [3.05, 3.63) is 52.0 Å². The van der Waals surface area contributed by atoms with E-state index in [-0.39, 0.29) is 21.8 Å². The van der Waals surface area contributed by atoms with Gasteiger partial charge in [-0.15, -0.1) is 0 Å². The molecule has 0 aliphatic heterocycles. The molecule has 0 bridgehead atoms. The minimum absolute atomic E-state index is 0.0378. The summed E-state index contributed by atoms with van der Waals surface area (Å²) in [6, 6.07) is 9.82. The van der Waals surface area contributed by atoms with E-state index in [4.69, 9.17) is 4.74 Å². The summed E-state index contributed by atoms with van der Waals surface area (Å²) in [4.78, 5) is 2.31. The number of sulfonamides is 1. The SMILES string of the molecule is COc1cc(/C=N\NS(=O)(=O)c2ccc(C(C)(C)C)cc2)cc(Br)c1O. The topological polar surface area (TPSA) is 88.0 Å². The first-order chi connectivity index (χ1) is 12.0. The van der Waals surface area contributed by atoms with E-state index < -0.39 is 10.0 Å². The van der Waals surface area contributed by atoms with Crippen LogP contribution in [0.15, 0.2) is 50.9 Å². The lowest BCUT2D eigenvalue weighted by Crippen LogP contribution is -2.19. The highest BCUT2D eigenvalue weighted by molar-refractivity contribution is 9.10. The molecular weight excluding hydrogens is 420 g/mol. The standard InChI is InChI=1S/C18H21BrN2O4S/c1-18(2,3)13-5-7-14(8-6-13)26(23,24)21-20-11-12-9-15(19)17(22)16(10-12)25-4/h5-11,21-22H,1-4H3/b20-11-. The number of nitrogens with one attached hydrogen (secondary N) is 1. The van der Waals surface area contributed by atoms with Gasteiger partial charge in [-0.3, -0.25) is 0 Å². The molecule has 0 aliphatic carbocycles. The van der Waals surface area contributed by atoms with E-state index in [1.54, 1.807) is 30.3 Å². The van der Waals surface area contributed by atoms with Gasteiger partial charge in [-0.2, -0.15) is 13.5 Å². The maximum Gasteiger partial charge on any atom is 0.276 e. The van der Waals surface area contributed by atoms with Gasteiger partial charge in [0.1, 0.15) is 0 Å². The Kier molecular flexibility index (Phi) is 5.98. The van der Waals surface area contributed by atoms with Gasteiger partial charge >= 0.3 is 0 Å². The number of methoxy groups -OCH3 is 1. The number of hydrogen-bond donors (Lipinski definition) is 2. The fourth-order valence-electron chi connectivity index (χ4n) is 2.18. The van der Waals surface area contributed by atoms with Crippen LogP contribution in [-0.4, -0.2) is 26.8 Å². The molecule has 2 aromatic carbocycles. The fourth-order valence-corrected chi connectivity index (χ4v) is 3.43. The van der Waals surface area contributed by atoms with Crippen LogP contribution < -0.4 is 9.57 Å². The Balaban J connectivity index is 2.18. The van der Waals surface area contributed by atoms with Gasteiger partial charge in [0, 0.05) is 0 Å². The highest BCUT2D eigenvalue weighted by Gasteiger charge is 2.17. The summed E-state index contributed by atoms with van der Waals surface area (Å²) in [6.45, 7) is 6.18. The summed E-state index contributed by atoms with van der Waals surface area (Å²) in [5.41, 5.74) is 1.54. The lowest BCUT2D eigenvalue weighted by molar-refractivity contribution is 0.372. The highest BCUT2D eigenvalue weighted by atomic mass is 79.9. The summed E-state index contributed by atoms with van der Waals surface area (Å²) in [5, 5.41) is 13.6. The van der Waals surface area contributed by atoms with E-state index in [1.165, 1.54) is 19.4 Å². The predicted molar refractivity (Wildman–Crippen MR) is 105 cm³/mol. The molecule has 0 saturated carbocycles. The number of ether oxygens (including phenoxy) is 1. The number of phenolic OH excluding ortho intramolecular Hbond substituents is 1. The average Bonchev–Trinajstić information content (AvgIpc) is 2.57. The van der Waals surface area contributed by atoms with Crippen LogP contribution in [0.4, 0.5) is 0 Å². The third-order valence-corrected chi connectivity index (χ3v) is 5.53. The van der Waals surface area contributed by atoms with Crippen molar-refractivity contribution in [3.8, 4) is 11.5 Å². The van der Waals surface area contributed by atoms with Gasteiger partial charge in [-0.1, -0.05) is 32.9 Å². The zero-order chi connectivity index (χ0) is 19.5. The van der Waals surface area contributed by atoms with E-state index in [0.717, 1.165) is 5.56 Å². The molecule has 0 unspecified atom stereocenters. The Bertz CT molecular complexity index is 917. The van der Waals surface area contributed by atoms with Crippen LogP contribution in [0.2, 0.25) is 0 Å². The van der Waals surface area contributed by atoms with E-state index >= 15 is 0 Å². The third-order valence-electron chi connectivity index (χ3n) is 3.69. The molecule has 0 amide bonds. The van der Waals surface area contributed by atoms with Crippen molar-refractivity contribution in [3.63, 3.8) is 0 Å². The second kappa shape index (κ2) is 7.67. The molecule has 0 heterocycles. The van der Waals surface area contributed by atoms with Crippen molar-refractivity contribution in [2.24, 2.45) is 5.10 Å². The van der Waals surface area contributed by atoms with Crippen LogP contribution in [-0.2, 0) is 15.4 Å². The molecule has 0 saturated heterocycles. The number of phenols is 1. The van der Waals surface area contributed by atoms with Gasteiger partial charge in [-0.25, -0.2) is 4.83 Å². The number of halogens is 1. The number of hydrogen-bond acceptors (Lipinski definition) is 5. The molecule has 2 rings (SSSR count). The van der Waals surface area contributed by atoms with Crippen molar-refractivity contribution < 1.29 is 18.3 Å². The minimum Gasteiger partial charge on any atom is -0.503 e. The first-order valence-electron chi connectivity index (χ1n) is 7.76. The second-order valence-corrected chi connectivity index (χ2v) is 9.20. The van der Waals surface area contributed by atoms with Gasteiger partial charge in [0.15, 0.2) is 11.5 Å². The lowest BCUT2D eigenvalue weighted by Gasteiger charge is -2.19. The van der Waals surface area contributed by atoms with Crippen molar-refractivity contribution >= 4 is 32.2 Å². The number of rotatable bonds is 5. The molecule has 2 N–H and O–H groups in total. The Morgan fingerprint density at radius 2 is 1.81 bits per heavy atom. The first kappa shape index (κ1) is 20.3. The summed E-state index contributed by atoms with van der Waals surface area (Å²) < 4.78 is 30.1. The van der Waals surface area contributed by atoms with Crippen molar-refractivity contribution in [1.82, 2.24) is 4.83 Å². The Labute approximate surface area is 162 Å². The van der Waals surface area contributed by atoms with Gasteiger partial charge in [0.2, 0.25) is 0 Å². The molecule has 0 aromatic heterocycles. The Morgan fingerprint density at radius 3 is 2.35 bits per heavy atom. The third kappa shape index (κ3) is 4.76. The van der Waals surface area contributed by atoms with Crippen molar-refractivity contribution in [2.45, 2.75) is 31.1 Å². The van der Waals surface area contributed by atoms with Gasteiger partial charge in [0.05, 0.1) is 22.7 Å². The summed E-state index contributed by atoms with van der Waals surface area (Å²) in [6.07, 6.45) is 1.33.